The Bertz CT molecular complexity index is 1330. The van der Waals surface area contributed by atoms with E-state index in [2.05, 4.69) is 25.9 Å². The summed E-state index contributed by atoms with van der Waals surface area (Å²) >= 11 is 0. The lowest BCUT2D eigenvalue weighted by molar-refractivity contribution is -0.126. The molecule has 0 aliphatic heterocycles. The lowest BCUT2D eigenvalue weighted by Gasteiger charge is -2.22. The molecule has 3 heterocycles. The van der Waals surface area contributed by atoms with Crippen LogP contribution in [0, 0.1) is 11.3 Å². The first-order chi connectivity index (χ1) is 17.4. The molecule has 3 aromatic heterocycles. The molecule has 0 spiro atoms. The fourth-order valence-electron chi connectivity index (χ4n) is 3.37. The number of halogens is 2. The van der Waals surface area contributed by atoms with Crippen LogP contribution in [0.5, 0.6) is 0 Å². The number of carbonyl (C=O) groups excluding carboxylic acids is 2. The van der Waals surface area contributed by atoms with Crippen LogP contribution in [0.25, 0.3) is 16.9 Å². The molecule has 0 fully saturated rings. The minimum absolute atomic E-state index is 0.0145. The van der Waals surface area contributed by atoms with Gasteiger partial charge >= 0.3 is 0 Å². The molecule has 196 valence electrons. The van der Waals surface area contributed by atoms with Crippen molar-refractivity contribution in [3.63, 3.8) is 0 Å². The molecule has 12 heteroatoms. The summed E-state index contributed by atoms with van der Waals surface area (Å²) in [5.74, 6) is -1.18. The summed E-state index contributed by atoms with van der Waals surface area (Å²) in [5, 5.41) is 27.2. The van der Waals surface area contributed by atoms with Gasteiger partial charge in [-0.25, -0.2) is 18.7 Å². The second kappa shape index (κ2) is 11.3. The molecular formula is C25H29F2N7O3. The van der Waals surface area contributed by atoms with E-state index >= 15 is 0 Å². The highest BCUT2D eigenvalue weighted by molar-refractivity contribution is 5.99. The van der Waals surface area contributed by atoms with Crippen LogP contribution in [-0.2, 0) is 4.79 Å². The van der Waals surface area contributed by atoms with Gasteiger partial charge in [0, 0.05) is 36.1 Å². The molecule has 10 nitrogen and oxygen atoms in total. The second-order valence-electron chi connectivity index (χ2n) is 9.37. The highest BCUT2D eigenvalue weighted by Gasteiger charge is 2.27. The summed E-state index contributed by atoms with van der Waals surface area (Å²) in [4.78, 5) is 33.4. The van der Waals surface area contributed by atoms with Crippen LogP contribution in [-0.4, -0.2) is 68.5 Å². The Morgan fingerprint density at radius 3 is 2.57 bits per heavy atom. The van der Waals surface area contributed by atoms with Gasteiger partial charge in [-0.15, -0.1) is 0 Å². The predicted molar refractivity (Wildman–Crippen MR) is 134 cm³/mol. The van der Waals surface area contributed by atoms with Gasteiger partial charge < -0.3 is 21.1 Å². The van der Waals surface area contributed by atoms with Gasteiger partial charge in [-0.1, -0.05) is 0 Å². The molecule has 0 aliphatic rings. The summed E-state index contributed by atoms with van der Waals surface area (Å²) in [6.45, 7) is 5.08. The number of aromatic nitrogens is 3. The number of rotatable bonds is 10. The predicted octanol–water partition coefficient (Wildman–Crippen LogP) is 2.41. The second-order valence-corrected chi connectivity index (χ2v) is 9.37. The third kappa shape index (κ3) is 6.77. The zero-order chi connectivity index (χ0) is 27.3. The molecule has 0 unspecified atom stereocenters. The van der Waals surface area contributed by atoms with Crippen molar-refractivity contribution >= 4 is 28.5 Å². The van der Waals surface area contributed by atoms with E-state index in [-0.39, 0.29) is 17.3 Å². The molecule has 0 aromatic carbocycles. The van der Waals surface area contributed by atoms with Gasteiger partial charge in [-0.3, -0.25) is 14.2 Å². The molecule has 0 bridgehead atoms. The van der Waals surface area contributed by atoms with E-state index < -0.39 is 42.8 Å². The molecule has 3 aromatic rings. The molecule has 0 saturated heterocycles. The van der Waals surface area contributed by atoms with Gasteiger partial charge in [-0.2, -0.15) is 5.26 Å². The molecule has 0 aliphatic carbocycles. The Morgan fingerprint density at radius 2 is 1.92 bits per heavy atom. The monoisotopic (exact) mass is 513 g/mol. The maximum absolute atomic E-state index is 14.5. The van der Waals surface area contributed by atoms with Gasteiger partial charge in [-0.05, 0) is 39.8 Å². The lowest BCUT2D eigenvalue weighted by atomic mass is 10.0. The highest BCUT2D eigenvalue weighted by atomic mass is 19.1. The van der Waals surface area contributed by atoms with Crippen molar-refractivity contribution in [1.82, 2.24) is 25.2 Å². The Balaban J connectivity index is 1.92. The first-order valence-electron chi connectivity index (χ1n) is 11.6. The number of nitrogens with one attached hydrogen (secondary N) is 3. The zero-order valence-electron chi connectivity index (χ0n) is 20.9. The Labute approximate surface area is 212 Å². The van der Waals surface area contributed by atoms with Crippen molar-refractivity contribution in [1.29, 1.82) is 5.26 Å². The summed E-state index contributed by atoms with van der Waals surface area (Å²) in [5.41, 5.74) is -0.635. The fourth-order valence-corrected chi connectivity index (χ4v) is 3.37. The van der Waals surface area contributed by atoms with Crippen LogP contribution >= 0.6 is 0 Å². The van der Waals surface area contributed by atoms with E-state index in [1.54, 1.807) is 36.7 Å². The normalized spacial score (nSPS) is 13.2. The number of fused-ring (bicyclic) bond motifs is 1. The smallest absolute Gasteiger partial charge is 0.256 e. The number of carbonyl (C=O) groups is 2. The number of amides is 2. The molecule has 37 heavy (non-hydrogen) atoms. The largest absolute Gasteiger partial charge is 0.387 e. The van der Waals surface area contributed by atoms with Gasteiger partial charge in [0.25, 0.3) is 11.8 Å². The lowest BCUT2D eigenvalue weighted by Crippen LogP contribution is -2.42. The Kier molecular flexibility index (Phi) is 8.39. The van der Waals surface area contributed by atoms with Crippen LogP contribution in [0.15, 0.2) is 36.8 Å². The van der Waals surface area contributed by atoms with E-state index in [1.165, 1.54) is 32.3 Å². The number of anilines is 1. The number of nitrogens with zero attached hydrogens (tertiary/aromatic N) is 4. The van der Waals surface area contributed by atoms with Crippen LogP contribution in [0.1, 0.15) is 43.6 Å². The number of nitriles is 1. The maximum Gasteiger partial charge on any atom is 0.256 e. The molecule has 3 rings (SSSR count). The molecular weight excluding hydrogens is 484 g/mol. The van der Waals surface area contributed by atoms with Gasteiger partial charge in [0.2, 0.25) is 0 Å². The standard InChI is InChI=1S/C25H29F2N7O3/c1-14(2)33-24(36)18(26)12-29-19-8-21(34-6-5-16-7-15(9-28)10-31-22(16)34)30-11-17(19)23(35)32-13-20(27)25(3,4)37/h5-8,10-11,14,18,20,37H,12-13H2,1-4H3,(H,29,30)(H,32,35)(H,33,36)/t18-,20-/m1/s1. The summed E-state index contributed by atoms with van der Waals surface area (Å²) in [7, 11) is 0. The van der Waals surface area contributed by atoms with Crippen LogP contribution < -0.4 is 16.0 Å². The van der Waals surface area contributed by atoms with Crippen molar-refractivity contribution in [2.45, 2.75) is 51.7 Å². The number of hydrogen-bond donors (Lipinski definition) is 4. The summed E-state index contributed by atoms with van der Waals surface area (Å²) in [6, 6.07) is 6.65. The van der Waals surface area contributed by atoms with Gasteiger partial charge in [0.1, 0.15) is 23.7 Å². The van der Waals surface area contributed by atoms with E-state index in [0.717, 1.165) is 0 Å². The van der Waals surface area contributed by atoms with Crippen molar-refractivity contribution in [2.24, 2.45) is 0 Å². The quantitative estimate of drug-likeness (QED) is 0.326. The van der Waals surface area contributed by atoms with Gasteiger partial charge in [0.05, 0.1) is 35.5 Å². The minimum Gasteiger partial charge on any atom is -0.387 e. The number of aliphatic hydroxyl groups is 1. The number of alkyl halides is 2. The highest BCUT2D eigenvalue weighted by Crippen LogP contribution is 2.23. The van der Waals surface area contributed by atoms with Crippen LogP contribution in [0.4, 0.5) is 14.5 Å². The Morgan fingerprint density at radius 1 is 1.19 bits per heavy atom. The minimum atomic E-state index is -1.90. The zero-order valence-corrected chi connectivity index (χ0v) is 20.9. The summed E-state index contributed by atoms with van der Waals surface area (Å²) in [6.07, 6.45) is 0.692. The SMILES string of the molecule is CC(C)NC(=O)[C@H](F)CNc1cc(-n2ccc3cc(C#N)cnc32)ncc1C(=O)NC[C@@H](F)C(C)(C)O. The third-order valence-electron chi connectivity index (χ3n) is 5.43. The molecule has 2 atom stereocenters. The van der Waals surface area contributed by atoms with Crippen molar-refractivity contribution in [2.75, 3.05) is 18.4 Å². The fraction of sp³-hybridized carbons (Fsp3) is 0.400. The summed E-state index contributed by atoms with van der Waals surface area (Å²) < 4.78 is 30.3. The van der Waals surface area contributed by atoms with Crippen LogP contribution in [0.2, 0.25) is 0 Å². The average molecular weight is 514 g/mol. The number of hydrogen-bond acceptors (Lipinski definition) is 7. The molecule has 0 radical (unpaired) electrons. The van der Waals surface area contributed by atoms with E-state index in [0.29, 0.717) is 22.4 Å². The van der Waals surface area contributed by atoms with Crippen molar-refractivity contribution in [3.8, 4) is 11.9 Å². The first-order valence-corrected chi connectivity index (χ1v) is 11.6. The van der Waals surface area contributed by atoms with Crippen molar-refractivity contribution in [3.05, 3.63) is 47.9 Å². The van der Waals surface area contributed by atoms with Crippen LogP contribution in [0.3, 0.4) is 0 Å². The van der Waals surface area contributed by atoms with E-state index in [9.17, 15) is 23.5 Å². The third-order valence-corrected chi connectivity index (χ3v) is 5.43. The average Bonchev–Trinajstić information content (AvgIpc) is 3.27. The van der Waals surface area contributed by atoms with E-state index in [4.69, 9.17) is 5.26 Å². The van der Waals surface area contributed by atoms with Crippen molar-refractivity contribution < 1.29 is 23.5 Å². The molecule has 2 amide bonds. The topological polar surface area (TPSA) is 145 Å². The molecule has 4 N–H and O–H groups in total. The van der Waals surface area contributed by atoms with E-state index in [1.807, 2.05) is 6.07 Å². The number of pyridine rings is 2. The first kappa shape index (κ1) is 27.5. The molecule has 0 saturated carbocycles. The van der Waals surface area contributed by atoms with Gasteiger partial charge in [0.15, 0.2) is 6.17 Å². The Hall–Kier alpha value is -4.11. The maximum atomic E-state index is 14.5.